The summed E-state index contributed by atoms with van der Waals surface area (Å²) in [6, 6.07) is -0.0502. The van der Waals surface area contributed by atoms with Crippen molar-refractivity contribution in [3.8, 4) is 5.82 Å². The number of amides is 2. The Bertz CT molecular complexity index is 1310. The number of urea groups is 1. The molecule has 0 unspecified atom stereocenters. The van der Waals surface area contributed by atoms with Crippen molar-refractivity contribution < 1.29 is 22.7 Å². The molecule has 1 atom stereocenters. The third kappa shape index (κ3) is 4.58. The number of thiazole rings is 1. The molecule has 4 heterocycles. The number of anilines is 2. The number of hydrogen-bond donors (Lipinski definition) is 2. The molecule has 4 rings (SSSR count). The fourth-order valence-electron chi connectivity index (χ4n) is 3.09. The lowest BCUT2D eigenvalue weighted by atomic mass is 10.1. The molecule has 172 valence electrons. The standard InChI is InChI=1S/C18H16F3N9O2S/c1-8(32-3)13-12(6-23-16-14(13)25-9(2)33-16)27-17(31)26-10-4-11(18(19,20)21)15(22-5-10)30-7-24-28-29-30/h4-8H,1-3H3,(H2,26,27,31)/t8-/m1/s1. The minimum atomic E-state index is -4.76. The summed E-state index contributed by atoms with van der Waals surface area (Å²) in [4.78, 5) is 25.8. The van der Waals surface area contributed by atoms with Gasteiger partial charge in [0.15, 0.2) is 5.82 Å². The first-order chi connectivity index (χ1) is 15.7. The molecule has 4 aromatic heterocycles. The highest BCUT2D eigenvalue weighted by Gasteiger charge is 2.36. The predicted molar refractivity (Wildman–Crippen MR) is 112 cm³/mol. The molecule has 15 heteroatoms. The lowest BCUT2D eigenvalue weighted by Crippen LogP contribution is -2.22. The van der Waals surface area contributed by atoms with Gasteiger partial charge in [-0.25, -0.2) is 19.7 Å². The fourth-order valence-corrected chi connectivity index (χ4v) is 3.86. The first kappa shape index (κ1) is 22.5. The van der Waals surface area contributed by atoms with Crippen molar-refractivity contribution in [3.05, 3.63) is 40.9 Å². The molecule has 0 aliphatic rings. The van der Waals surface area contributed by atoms with Crippen molar-refractivity contribution >= 4 is 39.1 Å². The van der Waals surface area contributed by atoms with Crippen LogP contribution in [0.4, 0.5) is 29.3 Å². The smallest absolute Gasteiger partial charge is 0.377 e. The van der Waals surface area contributed by atoms with Crippen molar-refractivity contribution in [2.24, 2.45) is 0 Å². The molecule has 0 saturated carbocycles. The van der Waals surface area contributed by atoms with Gasteiger partial charge >= 0.3 is 12.2 Å². The normalized spacial score (nSPS) is 12.7. The van der Waals surface area contributed by atoms with Crippen molar-refractivity contribution in [1.82, 2.24) is 35.2 Å². The van der Waals surface area contributed by atoms with Gasteiger partial charge in [-0.3, -0.25) is 0 Å². The van der Waals surface area contributed by atoms with E-state index in [1.54, 1.807) is 6.92 Å². The topological polar surface area (TPSA) is 133 Å². The molecule has 0 fully saturated rings. The molecule has 4 aromatic rings. The Balaban J connectivity index is 1.63. The summed E-state index contributed by atoms with van der Waals surface area (Å²) in [6.07, 6.45) is -1.69. The average Bonchev–Trinajstić information content (AvgIpc) is 3.41. The highest BCUT2D eigenvalue weighted by atomic mass is 32.1. The zero-order valence-corrected chi connectivity index (χ0v) is 18.2. The molecule has 2 amide bonds. The number of alkyl halides is 3. The first-order valence-corrected chi connectivity index (χ1v) is 10.2. The maximum atomic E-state index is 13.6. The van der Waals surface area contributed by atoms with Crippen LogP contribution < -0.4 is 10.6 Å². The third-order valence-corrected chi connectivity index (χ3v) is 5.46. The number of methoxy groups -OCH3 is 1. The summed E-state index contributed by atoms with van der Waals surface area (Å²) in [6.45, 7) is 3.61. The second kappa shape index (κ2) is 8.67. The number of fused-ring (bicyclic) bond motifs is 1. The molecule has 33 heavy (non-hydrogen) atoms. The Kier molecular flexibility index (Phi) is 5.90. The van der Waals surface area contributed by atoms with Gasteiger partial charge < -0.3 is 15.4 Å². The monoisotopic (exact) mass is 479 g/mol. The number of carbonyl (C=O) groups is 1. The van der Waals surface area contributed by atoms with Gasteiger partial charge in [0.1, 0.15) is 22.2 Å². The van der Waals surface area contributed by atoms with Gasteiger partial charge in [-0.05, 0) is 30.3 Å². The van der Waals surface area contributed by atoms with E-state index in [-0.39, 0.29) is 5.69 Å². The molecule has 0 aromatic carbocycles. The van der Waals surface area contributed by atoms with Crippen LogP contribution in [-0.2, 0) is 10.9 Å². The molecular weight excluding hydrogens is 463 g/mol. The van der Waals surface area contributed by atoms with Crippen LogP contribution in [0.3, 0.4) is 0 Å². The van der Waals surface area contributed by atoms with Crippen LogP contribution in [0.1, 0.15) is 29.2 Å². The van der Waals surface area contributed by atoms with Gasteiger partial charge in [0.25, 0.3) is 0 Å². The number of aryl methyl sites for hydroxylation is 1. The Morgan fingerprint density at radius 1 is 1.24 bits per heavy atom. The number of pyridine rings is 2. The first-order valence-electron chi connectivity index (χ1n) is 9.34. The van der Waals surface area contributed by atoms with Gasteiger partial charge in [0.2, 0.25) is 0 Å². The Labute approximate surface area is 188 Å². The molecule has 11 nitrogen and oxygen atoms in total. The zero-order valence-electron chi connectivity index (χ0n) is 17.4. The highest BCUT2D eigenvalue weighted by Crippen LogP contribution is 2.35. The summed E-state index contributed by atoms with van der Waals surface area (Å²) in [5.74, 6) is -0.525. The Hall–Kier alpha value is -3.72. The molecule has 0 spiro atoms. The van der Waals surface area contributed by atoms with Crippen LogP contribution in [-0.4, -0.2) is 48.3 Å². The highest BCUT2D eigenvalue weighted by molar-refractivity contribution is 7.18. The molecule has 2 N–H and O–H groups in total. The van der Waals surface area contributed by atoms with E-state index < -0.39 is 29.7 Å². The number of nitrogens with one attached hydrogen (secondary N) is 2. The summed E-state index contributed by atoms with van der Waals surface area (Å²) < 4.78 is 46.9. The minimum absolute atomic E-state index is 0.184. The summed E-state index contributed by atoms with van der Waals surface area (Å²) in [5, 5.41) is 15.8. The summed E-state index contributed by atoms with van der Waals surface area (Å²) in [7, 11) is 1.51. The minimum Gasteiger partial charge on any atom is -0.377 e. The molecule has 0 aliphatic carbocycles. The van der Waals surface area contributed by atoms with Crippen molar-refractivity contribution in [1.29, 1.82) is 0 Å². The lowest BCUT2D eigenvalue weighted by molar-refractivity contribution is -0.137. The maximum absolute atomic E-state index is 13.6. The van der Waals surface area contributed by atoms with Crippen molar-refractivity contribution in [2.75, 3.05) is 17.7 Å². The number of hydrogen-bond acceptors (Lipinski definition) is 9. The number of aromatic nitrogens is 7. The molecule has 0 aliphatic heterocycles. The quantitative estimate of drug-likeness (QED) is 0.442. The maximum Gasteiger partial charge on any atom is 0.420 e. The SMILES string of the molecule is CO[C@H](C)c1c(NC(=O)Nc2cnc(-n3cnnn3)c(C(F)(F)F)c2)cnc2sc(C)nc12. The molecule has 0 saturated heterocycles. The predicted octanol–water partition coefficient (Wildman–Crippen LogP) is 3.74. The van der Waals surface area contributed by atoms with Gasteiger partial charge in [-0.1, -0.05) is 11.3 Å². The number of carbonyl (C=O) groups excluding carboxylic acids is 1. The van der Waals surface area contributed by atoms with Crippen molar-refractivity contribution in [2.45, 2.75) is 26.1 Å². The van der Waals surface area contributed by atoms with Crippen LogP contribution in [0.2, 0.25) is 0 Å². The van der Waals surface area contributed by atoms with E-state index in [1.165, 1.54) is 24.6 Å². The van der Waals surface area contributed by atoms with Crippen LogP contribution >= 0.6 is 11.3 Å². The van der Waals surface area contributed by atoms with Gasteiger partial charge in [0.05, 0.1) is 34.9 Å². The summed E-state index contributed by atoms with van der Waals surface area (Å²) in [5.41, 5.74) is 0.189. The Morgan fingerprint density at radius 3 is 2.70 bits per heavy atom. The van der Waals surface area contributed by atoms with E-state index >= 15 is 0 Å². The number of ether oxygens (including phenoxy) is 1. The average molecular weight is 479 g/mol. The fraction of sp³-hybridized carbons (Fsp3) is 0.278. The molecule has 0 bridgehead atoms. The molecule has 0 radical (unpaired) electrons. The van der Waals surface area contributed by atoms with E-state index in [9.17, 15) is 18.0 Å². The van der Waals surface area contributed by atoms with Gasteiger partial charge in [-0.2, -0.15) is 17.9 Å². The third-order valence-electron chi connectivity index (χ3n) is 4.58. The van der Waals surface area contributed by atoms with E-state index in [4.69, 9.17) is 4.74 Å². The van der Waals surface area contributed by atoms with Crippen molar-refractivity contribution in [3.63, 3.8) is 0 Å². The van der Waals surface area contributed by atoms with Crippen LogP contribution in [0.25, 0.3) is 16.2 Å². The van der Waals surface area contributed by atoms with Gasteiger partial charge in [0, 0.05) is 12.7 Å². The number of nitrogens with zero attached hydrogens (tertiary/aromatic N) is 7. The number of halogens is 3. The van der Waals surface area contributed by atoms with E-state index in [1.807, 2.05) is 6.92 Å². The second-order valence-electron chi connectivity index (χ2n) is 6.78. The number of rotatable bonds is 5. The zero-order chi connectivity index (χ0) is 23.8. The van der Waals surface area contributed by atoms with Crippen LogP contribution in [0.5, 0.6) is 0 Å². The summed E-state index contributed by atoms with van der Waals surface area (Å²) >= 11 is 1.39. The van der Waals surface area contributed by atoms with E-state index in [0.717, 1.165) is 28.3 Å². The van der Waals surface area contributed by atoms with E-state index in [2.05, 4.69) is 41.1 Å². The lowest BCUT2D eigenvalue weighted by Gasteiger charge is -2.17. The largest absolute Gasteiger partial charge is 0.420 e. The van der Waals surface area contributed by atoms with Crippen LogP contribution in [0, 0.1) is 6.92 Å². The van der Waals surface area contributed by atoms with E-state index in [0.29, 0.717) is 21.6 Å². The second-order valence-corrected chi connectivity index (χ2v) is 7.96. The molecular formula is C18H16F3N9O2S. The van der Waals surface area contributed by atoms with Gasteiger partial charge in [-0.15, -0.1) is 5.10 Å². The van der Waals surface area contributed by atoms with Crippen LogP contribution in [0.15, 0.2) is 24.8 Å². The Morgan fingerprint density at radius 2 is 2.03 bits per heavy atom. The number of tetrazole rings is 1.